The number of carboxylic acids is 1. The van der Waals surface area contributed by atoms with Crippen molar-refractivity contribution in [3.63, 3.8) is 0 Å². The minimum atomic E-state index is -0.952. The van der Waals surface area contributed by atoms with E-state index in [4.69, 9.17) is 10.8 Å². The molecular weight excluding hydrogens is 258 g/mol. The third-order valence-corrected chi connectivity index (χ3v) is 4.26. The quantitative estimate of drug-likeness (QED) is 0.891. The molecule has 3 N–H and O–H groups in total. The number of fused-ring (bicyclic) bond motifs is 1. The standard InChI is InChI=1S/C15H19NO2S/c1-9-6-10(8-11(16)14(17)18)13-12(7-9)19-5-4-15(13,2)3/h4-7,11H,8,16H2,1-3H3,(H,17,18)/t11-/m1/s1. The molecule has 3 nitrogen and oxygen atoms in total. The van der Waals surface area contributed by atoms with E-state index in [0.29, 0.717) is 6.42 Å². The van der Waals surface area contributed by atoms with Crippen LogP contribution in [0, 0.1) is 6.92 Å². The number of benzene rings is 1. The van der Waals surface area contributed by atoms with Crippen molar-refractivity contribution in [2.24, 2.45) is 5.73 Å². The average Bonchev–Trinajstić information content (AvgIpc) is 2.26. The number of carbonyl (C=O) groups is 1. The van der Waals surface area contributed by atoms with Gasteiger partial charge in [-0.05, 0) is 41.5 Å². The monoisotopic (exact) mass is 277 g/mol. The highest BCUT2D eigenvalue weighted by Gasteiger charge is 2.28. The Hall–Kier alpha value is -1.26. The summed E-state index contributed by atoms with van der Waals surface area (Å²) < 4.78 is 0. The Kier molecular flexibility index (Phi) is 3.74. The summed E-state index contributed by atoms with van der Waals surface area (Å²) >= 11 is 1.69. The third kappa shape index (κ3) is 2.85. The van der Waals surface area contributed by atoms with Crippen LogP contribution in [0.15, 0.2) is 28.5 Å². The van der Waals surface area contributed by atoms with E-state index >= 15 is 0 Å². The normalized spacial score (nSPS) is 17.9. The molecule has 0 saturated carbocycles. The second kappa shape index (κ2) is 5.02. The molecule has 0 bridgehead atoms. The van der Waals surface area contributed by atoms with Gasteiger partial charge >= 0.3 is 5.97 Å². The Morgan fingerprint density at radius 1 is 1.47 bits per heavy atom. The van der Waals surface area contributed by atoms with Crippen molar-refractivity contribution >= 4 is 17.7 Å². The summed E-state index contributed by atoms with van der Waals surface area (Å²) in [5.74, 6) is -0.952. The SMILES string of the molecule is Cc1cc(C[C@@H](N)C(=O)O)c2c(c1)SC=CC2(C)C. The summed E-state index contributed by atoms with van der Waals surface area (Å²) in [6.07, 6.45) is 2.53. The first-order chi connectivity index (χ1) is 8.81. The van der Waals surface area contributed by atoms with Gasteiger partial charge in [-0.25, -0.2) is 0 Å². The van der Waals surface area contributed by atoms with Gasteiger partial charge in [-0.1, -0.05) is 37.8 Å². The lowest BCUT2D eigenvalue weighted by Crippen LogP contribution is -2.33. The number of carboxylic acid groups (broad SMARTS) is 1. The number of nitrogens with two attached hydrogens (primary N) is 1. The zero-order valence-corrected chi connectivity index (χ0v) is 12.3. The van der Waals surface area contributed by atoms with Crippen molar-refractivity contribution in [2.45, 2.75) is 43.5 Å². The fraction of sp³-hybridized carbons (Fsp3) is 0.400. The van der Waals surface area contributed by atoms with Gasteiger partial charge in [-0.2, -0.15) is 0 Å². The summed E-state index contributed by atoms with van der Waals surface area (Å²) in [4.78, 5) is 12.2. The van der Waals surface area contributed by atoms with Crippen molar-refractivity contribution in [1.82, 2.24) is 0 Å². The molecule has 0 radical (unpaired) electrons. The molecule has 1 aliphatic heterocycles. The van der Waals surface area contributed by atoms with E-state index in [2.05, 4.69) is 37.5 Å². The smallest absolute Gasteiger partial charge is 0.320 e. The van der Waals surface area contributed by atoms with Gasteiger partial charge in [0.05, 0.1) is 0 Å². The number of hydrogen-bond donors (Lipinski definition) is 2. The molecule has 0 unspecified atom stereocenters. The van der Waals surface area contributed by atoms with Gasteiger partial charge in [0.25, 0.3) is 0 Å². The molecule has 2 rings (SSSR count). The Bertz CT molecular complexity index is 549. The Labute approximate surface area is 117 Å². The molecule has 0 saturated heterocycles. The minimum absolute atomic E-state index is 0.0815. The highest BCUT2D eigenvalue weighted by Crippen LogP contribution is 2.42. The van der Waals surface area contributed by atoms with Crippen LogP contribution in [0.1, 0.15) is 30.5 Å². The fourth-order valence-electron chi connectivity index (χ4n) is 2.50. The van der Waals surface area contributed by atoms with Crippen molar-refractivity contribution in [2.75, 3.05) is 0 Å². The summed E-state index contributed by atoms with van der Waals surface area (Å²) in [7, 11) is 0. The highest BCUT2D eigenvalue weighted by atomic mass is 32.2. The van der Waals surface area contributed by atoms with Crippen LogP contribution in [0.5, 0.6) is 0 Å². The Morgan fingerprint density at radius 2 is 2.16 bits per heavy atom. The van der Waals surface area contributed by atoms with Crippen LogP contribution in [0.2, 0.25) is 0 Å². The highest BCUT2D eigenvalue weighted by molar-refractivity contribution is 8.02. The second-order valence-electron chi connectivity index (χ2n) is 5.59. The number of allylic oxidation sites excluding steroid dienone is 1. The topological polar surface area (TPSA) is 63.3 Å². The zero-order chi connectivity index (χ0) is 14.2. The van der Waals surface area contributed by atoms with Crippen LogP contribution in [-0.4, -0.2) is 17.1 Å². The first-order valence-electron chi connectivity index (χ1n) is 6.28. The molecule has 0 spiro atoms. The zero-order valence-electron chi connectivity index (χ0n) is 11.4. The average molecular weight is 277 g/mol. The van der Waals surface area contributed by atoms with E-state index in [1.807, 2.05) is 6.92 Å². The van der Waals surface area contributed by atoms with E-state index in [1.54, 1.807) is 11.8 Å². The number of thioether (sulfide) groups is 1. The summed E-state index contributed by atoms with van der Waals surface area (Å²) in [5.41, 5.74) is 9.02. The fourth-order valence-corrected chi connectivity index (χ4v) is 3.82. The largest absolute Gasteiger partial charge is 0.480 e. The second-order valence-corrected chi connectivity index (χ2v) is 6.54. The van der Waals surface area contributed by atoms with E-state index in [1.165, 1.54) is 10.5 Å². The van der Waals surface area contributed by atoms with Crippen LogP contribution in [0.3, 0.4) is 0 Å². The minimum Gasteiger partial charge on any atom is -0.480 e. The van der Waals surface area contributed by atoms with E-state index in [9.17, 15) is 4.79 Å². The number of rotatable bonds is 3. The lowest BCUT2D eigenvalue weighted by molar-refractivity contribution is -0.138. The Balaban J connectivity index is 2.50. The summed E-state index contributed by atoms with van der Waals surface area (Å²) in [5, 5.41) is 11.1. The van der Waals surface area contributed by atoms with E-state index < -0.39 is 12.0 Å². The summed E-state index contributed by atoms with van der Waals surface area (Å²) in [6.45, 7) is 6.32. The molecule has 0 aromatic heterocycles. The lowest BCUT2D eigenvalue weighted by atomic mass is 9.79. The maximum absolute atomic E-state index is 11.0. The van der Waals surface area contributed by atoms with Gasteiger partial charge < -0.3 is 10.8 Å². The molecule has 102 valence electrons. The molecule has 4 heteroatoms. The molecule has 0 fully saturated rings. The van der Waals surface area contributed by atoms with Gasteiger partial charge in [0, 0.05) is 10.3 Å². The lowest BCUT2D eigenvalue weighted by Gasteiger charge is -2.31. The van der Waals surface area contributed by atoms with Gasteiger partial charge in [-0.3, -0.25) is 4.79 Å². The van der Waals surface area contributed by atoms with Gasteiger partial charge in [0.15, 0.2) is 0 Å². The molecule has 1 aromatic rings. The van der Waals surface area contributed by atoms with Crippen molar-refractivity contribution in [3.8, 4) is 0 Å². The van der Waals surface area contributed by atoms with Crippen LogP contribution < -0.4 is 5.73 Å². The predicted octanol–water partition coefficient (Wildman–Crippen LogP) is 2.85. The number of aliphatic carboxylic acids is 1. The van der Waals surface area contributed by atoms with Crippen molar-refractivity contribution in [1.29, 1.82) is 0 Å². The van der Waals surface area contributed by atoms with Gasteiger partial charge in [0.2, 0.25) is 0 Å². The molecule has 1 aliphatic rings. The molecule has 1 heterocycles. The van der Waals surface area contributed by atoms with Crippen molar-refractivity contribution < 1.29 is 9.90 Å². The van der Waals surface area contributed by atoms with Crippen LogP contribution in [-0.2, 0) is 16.6 Å². The molecular formula is C15H19NO2S. The van der Waals surface area contributed by atoms with E-state index in [0.717, 1.165) is 11.1 Å². The number of hydrogen-bond acceptors (Lipinski definition) is 3. The van der Waals surface area contributed by atoms with Crippen LogP contribution in [0.25, 0.3) is 0 Å². The van der Waals surface area contributed by atoms with Crippen LogP contribution in [0.4, 0.5) is 0 Å². The molecule has 1 atom stereocenters. The maximum Gasteiger partial charge on any atom is 0.320 e. The van der Waals surface area contributed by atoms with Crippen LogP contribution >= 0.6 is 11.8 Å². The van der Waals surface area contributed by atoms with Gasteiger partial charge in [0.1, 0.15) is 6.04 Å². The Morgan fingerprint density at radius 3 is 2.79 bits per heavy atom. The molecule has 19 heavy (non-hydrogen) atoms. The molecule has 1 aromatic carbocycles. The molecule has 0 aliphatic carbocycles. The van der Waals surface area contributed by atoms with E-state index in [-0.39, 0.29) is 5.41 Å². The first-order valence-corrected chi connectivity index (χ1v) is 7.16. The third-order valence-electron chi connectivity index (χ3n) is 3.41. The van der Waals surface area contributed by atoms with Gasteiger partial charge in [-0.15, -0.1) is 0 Å². The maximum atomic E-state index is 11.0. The molecule has 0 amide bonds. The summed E-state index contributed by atoms with van der Waals surface area (Å²) in [6, 6.07) is 3.36. The first kappa shape index (κ1) is 14.2. The number of aryl methyl sites for hydroxylation is 1. The predicted molar refractivity (Wildman–Crippen MR) is 78.5 cm³/mol. The van der Waals surface area contributed by atoms with Crippen molar-refractivity contribution in [3.05, 3.63) is 40.3 Å².